The molecule has 5 rings (SSSR count). The van der Waals surface area contributed by atoms with E-state index < -0.39 is 16.6 Å². The van der Waals surface area contributed by atoms with Crippen molar-refractivity contribution in [1.82, 2.24) is 14.9 Å². The number of nitro benzene ring substituents is 1. The van der Waals surface area contributed by atoms with E-state index in [1.807, 2.05) is 0 Å². The Morgan fingerprint density at radius 3 is 2.53 bits per heavy atom. The predicted molar refractivity (Wildman–Crippen MR) is 130 cm³/mol. The van der Waals surface area contributed by atoms with Gasteiger partial charge in [-0.15, -0.1) is 0 Å². The Bertz CT molecular complexity index is 1260. The first-order chi connectivity index (χ1) is 17.4. The SMILES string of the molecule is CC1CCN(c2nc3c(c(Oc4ccc(F)cc4F)n2)CN(Cc2ccc([N+](=O)[O-])cc2)CC3)CC1. The highest BCUT2D eigenvalue weighted by atomic mass is 19.1. The molecule has 0 spiro atoms. The number of ether oxygens (including phenoxy) is 1. The highest BCUT2D eigenvalue weighted by molar-refractivity contribution is 5.44. The zero-order chi connectivity index (χ0) is 25.2. The van der Waals surface area contributed by atoms with Gasteiger partial charge in [-0.2, -0.15) is 4.98 Å². The van der Waals surface area contributed by atoms with Crippen LogP contribution in [0.25, 0.3) is 0 Å². The van der Waals surface area contributed by atoms with Crippen molar-refractivity contribution in [2.24, 2.45) is 5.92 Å². The van der Waals surface area contributed by atoms with Gasteiger partial charge in [0.15, 0.2) is 11.6 Å². The maximum Gasteiger partial charge on any atom is 0.269 e. The van der Waals surface area contributed by atoms with E-state index in [4.69, 9.17) is 14.7 Å². The summed E-state index contributed by atoms with van der Waals surface area (Å²) in [5.74, 6) is -0.0790. The molecule has 188 valence electrons. The molecule has 8 nitrogen and oxygen atoms in total. The lowest BCUT2D eigenvalue weighted by Crippen LogP contribution is -2.36. The third-order valence-corrected chi connectivity index (χ3v) is 6.81. The van der Waals surface area contributed by atoms with Gasteiger partial charge >= 0.3 is 0 Å². The first-order valence-corrected chi connectivity index (χ1v) is 12.1. The van der Waals surface area contributed by atoms with E-state index in [2.05, 4.69) is 16.7 Å². The Morgan fingerprint density at radius 2 is 1.83 bits per heavy atom. The fraction of sp³-hybridized carbons (Fsp3) is 0.385. The van der Waals surface area contributed by atoms with Gasteiger partial charge in [0, 0.05) is 57.3 Å². The lowest BCUT2D eigenvalue weighted by molar-refractivity contribution is -0.384. The lowest BCUT2D eigenvalue weighted by Gasteiger charge is -2.33. The third kappa shape index (κ3) is 5.28. The van der Waals surface area contributed by atoms with Crippen molar-refractivity contribution in [3.63, 3.8) is 0 Å². The summed E-state index contributed by atoms with van der Waals surface area (Å²) in [7, 11) is 0. The van der Waals surface area contributed by atoms with Gasteiger partial charge in [0.25, 0.3) is 5.69 Å². The Balaban J connectivity index is 1.43. The van der Waals surface area contributed by atoms with E-state index in [1.54, 1.807) is 12.1 Å². The lowest BCUT2D eigenvalue weighted by atomic mass is 9.99. The summed E-state index contributed by atoms with van der Waals surface area (Å²) in [5.41, 5.74) is 2.61. The minimum absolute atomic E-state index is 0.0489. The molecular weight excluding hydrogens is 468 g/mol. The number of aromatic nitrogens is 2. The Hall–Kier alpha value is -3.66. The molecule has 0 atom stereocenters. The van der Waals surface area contributed by atoms with Gasteiger partial charge in [-0.05, 0) is 36.5 Å². The van der Waals surface area contributed by atoms with E-state index in [1.165, 1.54) is 18.2 Å². The monoisotopic (exact) mass is 495 g/mol. The number of rotatable bonds is 6. The molecule has 0 bridgehead atoms. The Labute approximate surface area is 207 Å². The maximum atomic E-state index is 14.4. The molecule has 2 aliphatic heterocycles. The normalized spacial score (nSPS) is 16.6. The van der Waals surface area contributed by atoms with E-state index in [0.29, 0.717) is 31.4 Å². The van der Waals surface area contributed by atoms with Crippen molar-refractivity contribution in [2.45, 2.75) is 39.3 Å². The molecule has 1 fully saturated rings. The highest BCUT2D eigenvalue weighted by Gasteiger charge is 2.27. The molecule has 0 unspecified atom stereocenters. The summed E-state index contributed by atoms with van der Waals surface area (Å²) < 4.78 is 33.8. The minimum Gasteiger partial charge on any atom is -0.435 e. The van der Waals surface area contributed by atoms with E-state index in [-0.39, 0.29) is 17.3 Å². The summed E-state index contributed by atoms with van der Waals surface area (Å²) in [6.45, 7) is 5.71. The second-order valence-electron chi connectivity index (χ2n) is 9.48. The zero-order valence-electron chi connectivity index (χ0n) is 20.0. The zero-order valence-corrected chi connectivity index (χ0v) is 20.0. The van der Waals surface area contributed by atoms with E-state index >= 15 is 0 Å². The maximum absolute atomic E-state index is 14.4. The fourth-order valence-corrected chi connectivity index (χ4v) is 4.64. The molecule has 0 saturated carbocycles. The van der Waals surface area contributed by atoms with Crippen molar-refractivity contribution in [3.8, 4) is 11.6 Å². The van der Waals surface area contributed by atoms with Crippen LogP contribution in [0.4, 0.5) is 20.4 Å². The minimum atomic E-state index is -0.797. The topological polar surface area (TPSA) is 84.6 Å². The largest absolute Gasteiger partial charge is 0.435 e. The number of non-ortho nitro benzene ring substituents is 1. The van der Waals surface area contributed by atoms with Crippen molar-refractivity contribution in [3.05, 3.63) is 81.0 Å². The van der Waals surface area contributed by atoms with Crippen LogP contribution in [0.15, 0.2) is 42.5 Å². The number of fused-ring (bicyclic) bond motifs is 1. The molecule has 3 aromatic rings. The van der Waals surface area contributed by atoms with Crippen molar-refractivity contribution < 1.29 is 18.4 Å². The molecular formula is C26H27F2N5O3. The van der Waals surface area contributed by atoms with Crippen LogP contribution < -0.4 is 9.64 Å². The van der Waals surface area contributed by atoms with E-state index in [9.17, 15) is 18.9 Å². The van der Waals surface area contributed by atoms with Crippen LogP contribution in [0.5, 0.6) is 11.6 Å². The molecule has 36 heavy (non-hydrogen) atoms. The molecule has 2 aromatic carbocycles. The van der Waals surface area contributed by atoms with Crippen molar-refractivity contribution >= 4 is 11.6 Å². The van der Waals surface area contributed by atoms with Gasteiger partial charge in [0.1, 0.15) is 5.82 Å². The smallest absolute Gasteiger partial charge is 0.269 e. The average molecular weight is 496 g/mol. The number of hydrogen-bond acceptors (Lipinski definition) is 7. The first-order valence-electron chi connectivity index (χ1n) is 12.1. The molecule has 10 heteroatoms. The quantitative estimate of drug-likeness (QED) is 0.341. The van der Waals surface area contributed by atoms with Gasteiger partial charge in [0.05, 0.1) is 16.2 Å². The molecule has 0 aliphatic carbocycles. The number of benzene rings is 2. The van der Waals surface area contributed by atoms with Gasteiger partial charge in [0.2, 0.25) is 11.8 Å². The molecule has 3 heterocycles. The second kappa shape index (κ2) is 10.1. The second-order valence-corrected chi connectivity index (χ2v) is 9.48. The average Bonchev–Trinajstić information content (AvgIpc) is 2.86. The molecule has 0 N–H and O–H groups in total. The van der Waals surface area contributed by atoms with E-state index in [0.717, 1.165) is 61.4 Å². The van der Waals surface area contributed by atoms with Gasteiger partial charge in [-0.3, -0.25) is 15.0 Å². The first kappa shape index (κ1) is 24.1. The van der Waals surface area contributed by atoms with Crippen LogP contribution in [0, 0.1) is 27.7 Å². The number of nitrogens with zero attached hydrogens (tertiary/aromatic N) is 5. The van der Waals surface area contributed by atoms with Crippen LogP contribution >= 0.6 is 0 Å². The van der Waals surface area contributed by atoms with Gasteiger partial charge in [-0.25, -0.2) is 13.8 Å². The predicted octanol–water partition coefficient (Wildman–Crippen LogP) is 5.25. The third-order valence-electron chi connectivity index (χ3n) is 6.81. The van der Waals surface area contributed by atoms with Crippen LogP contribution in [0.2, 0.25) is 0 Å². The standard InChI is InChI=1S/C26H27F2N5O3/c1-17-8-12-32(13-9-17)26-29-23-10-11-31(15-18-2-5-20(6-3-18)33(34)35)16-21(23)25(30-26)36-24-7-4-19(27)14-22(24)28/h2-7,14,17H,8-13,15-16H2,1H3. The summed E-state index contributed by atoms with van der Waals surface area (Å²) in [4.78, 5) is 24.4. The highest BCUT2D eigenvalue weighted by Crippen LogP contribution is 2.34. The fourth-order valence-electron chi connectivity index (χ4n) is 4.64. The molecule has 0 amide bonds. The molecule has 2 aliphatic rings. The number of hydrogen-bond donors (Lipinski definition) is 0. The summed E-state index contributed by atoms with van der Waals surface area (Å²) in [6, 6.07) is 9.68. The van der Waals surface area contributed by atoms with Crippen LogP contribution in [0.1, 0.15) is 36.6 Å². The number of anilines is 1. The van der Waals surface area contributed by atoms with Crippen LogP contribution in [-0.2, 0) is 19.5 Å². The summed E-state index contributed by atoms with van der Waals surface area (Å²) in [5, 5.41) is 10.9. The molecule has 1 saturated heterocycles. The van der Waals surface area contributed by atoms with Crippen LogP contribution in [-0.4, -0.2) is 39.4 Å². The summed E-state index contributed by atoms with van der Waals surface area (Å²) >= 11 is 0. The van der Waals surface area contributed by atoms with Crippen molar-refractivity contribution in [2.75, 3.05) is 24.5 Å². The van der Waals surface area contributed by atoms with Gasteiger partial charge in [-0.1, -0.05) is 19.1 Å². The number of piperidine rings is 1. The Kier molecular flexibility index (Phi) is 6.77. The van der Waals surface area contributed by atoms with Crippen molar-refractivity contribution in [1.29, 1.82) is 0 Å². The number of halogens is 2. The molecule has 1 aromatic heterocycles. The summed E-state index contributed by atoms with van der Waals surface area (Å²) in [6.07, 6.45) is 2.75. The Morgan fingerprint density at radius 1 is 1.08 bits per heavy atom. The van der Waals surface area contributed by atoms with Gasteiger partial charge < -0.3 is 9.64 Å². The number of nitro groups is 1. The van der Waals surface area contributed by atoms with Crippen LogP contribution in [0.3, 0.4) is 0 Å². The molecule has 0 radical (unpaired) electrons.